The van der Waals surface area contributed by atoms with Crippen LogP contribution in [0.4, 0.5) is 0 Å². The topological polar surface area (TPSA) is 66.4 Å². The van der Waals surface area contributed by atoms with Crippen LogP contribution in [0.5, 0.6) is 0 Å². The predicted molar refractivity (Wildman–Crippen MR) is 117 cm³/mol. The number of benzene rings is 2. The molecule has 0 unspecified atom stereocenters. The van der Waals surface area contributed by atoms with Gasteiger partial charge in [0.15, 0.2) is 0 Å². The second kappa shape index (κ2) is 16.5. The Morgan fingerprint density at radius 3 is 1.82 bits per heavy atom. The van der Waals surface area contributed by atoms with E-state index in [1.807, 2.05) is 6.07 Å². The number of rotatable bonds is 3. The van der Waals surface area contributed by atoms with Crippen molar-refractivity contribution in [1.82, 2.24) is 5.32 Å². The van der Waals surface area contributed by atoms with Gasteiger partial charge in [0.25, 0.3) is 6.47 Å². The number of nitrogens with one attached hydrogen (secondary N) is 1. The van der Waals surface area contributed by atoms with Gasteiger partial charge >= 0.3 is 0 Å². The van der Waals surface area contributed by atoms with Gasteiger partial charge in [-0.25, -0.2) is 0 Å². The van der Waals surface area contributed by atoms with Crippen LogP contribution in [0.2, 0.25) is 0 Å². The highest BCUT2D eigenvalue weighted by molar-refractivity contribution is 5.78. The highest BCUT2D eigenvalue weighted by atomic mass is 16.3. The summed E-state index contributed by atoms with van der Waals surface area (Å²) in [4.78, 5) is 19.5. The van der Waals surface area contributed by atoms with Gasteiger partial charge in [0.1, 0.15) is 0 Å². The number of carbonyl (C=O) groups is 2. The van der Waals surface area contributed by atoms with E-state index in [4.69, 9.17) is 9.90 Å². The molecule has 154 valence electrons. The standard InChI is InChI=1S/C17H17NO.2C3H8.CH2O2/c19-17-11-10-16(18-17)12-13-6-8-15(9-7-13)14-4-2-1-3-5-14;2*1-3-2;2-1-3/h1-9,16H,10-12H2,(H,18,19);2*3H2,1-2H3;1H,(H,2,3)/t16-;;;/m0.../s1. The van der Waals surface area contributed by atoms with Crippen LogP contribution >= 0.6 is 0 Å². The maximum atomic E-state index is 11.2. The molecule has 0 bridgehead atoms. The monoisotopic (exact) mass is 385 g/mol. The van der Waals surface area contributed by atoms with Gasteiger partial charge in [0.05, 0.1) is 0 Å². The summed E-state index contributed by atoms with van der Waals surface area (Å²) in [6.07, 6.45) is 5.06. The van der Waals surface area contributed by atoms with Crippen LogP contribution in [0, 0.1) is 0 Å². The molecule has 2 aromatic carbocycles. The lowest BCUT2D eigenvalue weighted by Crippen LogP contribution is -2.27. The van der Waals surface area contributed by atoms with Crippen LogP contribution in [0.25, 0.3) is 11.1 Å². The molecule has 1 heterocycles. The van der Waals surface area contributed by atoms with Crippen molar-refractivity contribution in [3.05, 3.63) is 60.2 Å². The average Bonchev–Trinajstić information content (AvgIpc) is 3.10. The van der Waals surface area contributed by atoms with E-state index in [1.54, 1.807) is 0 Å². The number of carboxylic acid groups (broad SMARTS) is 1. The molecule has 0 saturated carbocycles. The molecule has 28 heavy (non-hydrogen) atoms. The number of carbonyl (C=O) groups excluding carboxylic acids is 1. The number of amides is 1. The molecule has 1 atom stereocenters. The molecule has 2 N–H and O–H groups in total. The van der Waals surface area contributed by atoms with Gasteiger partial charge in [-0.3, -0.25) is 9.59 Å². The zero-order valence-corrected chi connectivity index (χ0v) is 17.7. The molecule has 1 amide bonds. The molecule has 2 aromatic rings. The molecule has 1 fully saturated rings. The minimum atomic E-state index is -0.250. The molecule has 1 aliphatic heterocycles. The van der Waals surface area contributed by atoms with Crippen molar-refractivity contribution in [3.8, 4) is 11.1 Å². The molecule has 1 saturated heterocycles. The van der Waals surface area contributed by atoms with Gasteiger partial charge in [-0.15, -0.1) is 0 Å². The third-order valence-electron chi connectivity index (χ3n) is 3.63. The summed E-state index contributed by atoms with van der Waals surface area (Å²) in [6, 6.07) is 19.3. The minimum Gasteiger partial charge on any atom is -0.483 e. The second-order valence-electron chi connectivity index (χ2n) is 6.59. The molecule has 0 radical (unpaired) electrons. The summed E-state index contributed by atoms with van der Waals surface area (Å²) in [7, 11) is 0. The van der Waals surface area contributed by atoms with Crippen molar-refractivity contribution in [1.29, 1.82) is 0 Å². The Labute approximate surface area is 170 Å². The highest BCUT2D eigenvalue weighted by Gasteiger charge is 2.20. The lowest BCUT2D eigenvalue weighted by atomic mass is 10.0. The lowest BCUT2D eigenvalue weighted by molar-refractivity contribution is -0.123. The number of hydrogen-bond acceptors (Lipinski definition) is 2. The van der Waals surface area contributed by atoms with E-state index in [-0.39, 0.29) is 12.4 Å². The van der Waals surface area contributed by atoms with Crippen molar-refractivity contribution >= 4 is 12.4 Å². The summed E-state index contributed by atoms with van der Waals surface area (Å²) in [5.41, 5.74) is 3.76. The fourth-order valence-corrected chi connectivity index (χ4v) is 2.58. The quantitative estimate of drug-likeness (QED) is 0.665. The molecule has 0 aromatic heterocycles. The Kier molecular flexibility index (Phi) is 15.0. The van der Waals surface area contributed by atoms with E-state index < -0.39 is 0 Å². The molecule has 0 spiro atoms. The zero-order chi connectivity index (χ0) is 21.2. The first kappa shape index (κ1) is 25.4. The van der Waals surface area contributed by atoms with E-state index in [0.29, 0.717) is 12.5 Å². The lowest BCUT2D eigenvalue weighted by Gasteiger charge is -2.10. The van der Waals surface area contributed by atoms with Gasteiger partial charge in [0, 0.05) is 12.5 Å². The Bertz CT molecular complexity index is 637. The Morgan fingerprint density at radius 1 is 0.929 bits per heavy atom. The van der Waals surface area contributed by atoms with Gasteiger partial charge < -0.3 is 10.4 Å². The van der Waals surface area contributed by atoms with Crippen molar-refractivity contribution in [2.45, 2.75) is 65.8 Å². The van der Waals surface area contributed by atoms with Crippen molar-refractivity contribution in [2.75, 3.05) is 0 Å². The van der Waals surface area contributed by atoms with Crippen molar-refractivity contribution in [2.24, 2.45) is 0 Å². The van der Waals surface area contributed by atoms with E-state index in [0.717, 1.165) is 12.8 Å². The van der Waals surface area contributed by atoms with Gasteiger partial charge in [-0.1, -0.05) is 95.1 Å². The highest BCUT2D eigenvalue weighted by Crippen LogP contribution is 2.20. The van der Waals surface area contributed by atoms with E-state index in [9.17, 15) is 4.79 Å². The third kappa shape index (κ3) is 11.2. The molecule has 3 rings (SSSR count). The SMILES string of the molecule is CCC.CCC.O=C1CC[C@@H](Cc2ccc(-c3ccccc3)cc2)N1.O=CO. The maximum Gasteiger partial charge on any atom is 0.290 e. The molecule has 4 heteroatoms. The maximum absolute atomic E-state index is 11.2. The first-order chi connectivity index (χ1) is 13.6. The largest absolute Gasteiger partial charge is 0.483 e. The molecule has 1 aliphatic rings. The molecule has 4 nitrogen and oxygen atoms in total. The Hall–Kier alpha value is -2.62. The third-order valence-corrected chi connectivity index (χ3v) is 3.63. The second-order valence-corrected chi connectivity index (χ2v) is 6.59. The van der Waals surface area contributed by atoms with Crippen molar-refractivity contribution < 1.29 is 14.7 Å². The number of hydrogen-bond donors (Lipinski definition) is 2. The van der Waals surface area contributed by atoms with Crippen LogP contribution in [-0.4, -0.2) is 23.5 Å². The molecular weight excluding hydrogens is 350 g/mol. The fraction of sp³-hybridized carbons (Fsp3) is 0.417. The summed E-state index contributed by atoms with van der Waals surface area (Å²) in [5.74, 6) is 0.186. The first-order valence-electron chi connectivity index (χ1n) is 10.1. The zero-order valence-electron chi connectivity index (χ0n) is 17.7. The van der Waals surface area contributed by atoms with Gasteiger partial charge in [0.2, 0.25) is 5.91 Å². The van der Waals surface area contributed by atoms with Gasteiger partial charge in [-0.05, 0) is 29.5 Å². The Morgan fingerprint density at radius 2 is 1.39 bits per heavy atom. The van der Waals surface area contributed by atoms with Crippen LogP contribution in [0.3, 0.4) is 0 Å². The van der Waals surface area contributed by atoms with E-state index in [2.05, 4.69) is 81.5 Å². The normalized spacial score (nSPS) is 14.1. The predicted octanol–water partition coefficient (Wildman–Crippen LogP) is 5.71. The van der Waals surface area contributed by atoms with Crippen LogP contribution in [0.1, 0.15) is 58.9 Å². The fourth-order valence-electron chi connectivity index (χ4n) is 2.58. The van der Waals surface area contributed by atoms with Crippen molar-refractivity contribution in [3.63, 3.8) is 0 Å². The Balaban J connectivity index is 0.000000695. The minimum absolute atomic E-state index is 0.186. The average molecular weight is 386 g/mol. The summed E-state index contributed by atoms with van der Waals surface area (Å²) < 4.78 is 0. The summed E-state index contributed by atoms with van der Waals surface area (Å²) >= 11 is 0. The first-order valence-corrected chi connectivity index (χ1v) is 10.1. The smallest absolute Gasteiger partial charge is 0.290 e. The molecule has 0 aliphatic carbocycles. The van der Waals surface area contributed by atoms with Crippen LogP contribution in [0.15, 0.2) is 54.6 Å². The van der Waals surface area contributed by atoms with E-state index in [1.165, 1.54) is 29.5 Å². The van der Waals surface area contributed by atoms with Crippen LogP contribution in [-0.2, 0) is 16.0 Å². The van der Waals surface area contributed by atoms with Crippen LogP contribution < -0.4 is 5.32 Å². The summed E-state index contributed by atoms with van der Waals surface area (Å²) in [5, 5.41) is 9.90. The molecular formula is C24H35NO3. The summed E-state index contributed by atoms with van der Waals surface area (Å²) in [6.45, 7) is 8.25. The van der Waals surface area contributed by atoms with E-state index >= 15 is 0 Å². The van der Waals surface area contributed by atoms with Gasteiger partial charge in [-0.2, -0.15) is 0 Å².